The number of aldehydes is 1. The van der Waals surface area contributed by atoms with Gasteiger partial charge in [0.1, 0.15) is 0 Å². The lowest BCUT2D eigenvalue weighted by Gasteiger charge is -2.27. The number of rotatable bonds is 3. The second kappa shape index (κ2) is 4.43. The van der Waals surface area contributed by atoms with Crippen molar-refractivity contribution >= 4 is 6.29 Å². The Hall–Kier alpha value is -0.450. The van der Waals surface area contributed by atoms with Crippen LogP contribution in [0.1, 0.15) is 19.3 Å². The Morgan fingerprint density at radius 1 is 1.36 bits per heavy atom. The van der Waals surface area contributed by atoms with E-state index >= 15 is 0 Å². The van der Waals surface area contributed by atoms with Crippen LogP contribution in [0, 0.1) is 0 Å². The number of carbonyl (C=O) groups excluding carboxylic acids is 1. The molecule has 1 aliphatic heterocycles. The number of hydrogen-bond donors (Lipinski definition) is 2. The van der Waals surface area contributed by atoms with Crippen molar-refractivity contribution in [1.29, 1.82) is 0 Å². The summed E-state index contributed by atoms with van der Waals surface area (Å²) >= 11 is 0. The van der Waals surface area contributed by atoms with Crippen LogP contribution in [0.5, 0.6) is 0 Å². The van der Waals surface area contributed by atoms with Crippen LogP contribution in [-0.4, -0.2) is 35.7 Å². The molecule has 0 radical (unpaired) electrons. The third-order valence-electron chi connectivity index (χ3n) is 1.80. The van der Waals surface area contributed by atoms with Crippen molar-refractivity contribution in [2.24, 2.45) is 0 Å². The molecule has 0 aromatic rings. The van der Waals surface area contributed by atoms with Crippen molar-refractivity contribution in [2.75, 3.05) is 13.1 Å². The van der Waals surface area contributed by atoms with Gasteiger partial charge in [-0.1, -0.05) is 6.42 Å². The minimum Gasteiger partial charge on any atom is -0.371 e. The summed E-state index contributed by atoms with van der Waals surface area (Å²) in [6.07, 6.45) is 2.98. The summed E-state index contributed by atoms with van der Waals surface area (Å²) in [5.74, 6) is 0. The highest BCUT2D eigenvalue weighted by Gasteiger charge is 2.11. The molecule has 0 spiro atoms. The summed E-state index contributed by atoms with van der Waals surface area (Å²) in [4.78, 5) is 10.0. The van der Waals surface area contributed by atoms with Gasteiger partial charge in [0.05, 0.1) is 0 Å². The highest BCUT2D eigenvalue weighted by Crippen LogP contribution is 2.05. The van der Waals surface area contributed by atoms with E-state index in [0.29, 0.717) is 6.29 Å². The molecule has 1 fully saturated rings. The predicted molar refractivity (Wildman–Crippen MR) is 40.6 cm³/mol. The molecule has 1 atom stereocenters. The van der Waals surface area contributed by atoms with Gasteiger partial charge in [-0.3, -0.25) is 4.79 Å². The van der Waals surface area contributed by atoms with Crippen LogP contribution >= 0.6 is 0 Å². The Labute approximate surface area is 66.2 Å². The summed E-state index contributed by atoms with van der Waals surface area (Å²) in [5, 5.41) is 10.8. The number of hydrogen-bond acceptors (Lipinski definition) is 4. The summed E-state index contributed by atoms with van der Waals surface area (Å²) in [7, 11) is 0. The highest BCUT2D eigenvalue weighted by molar-refractivity contribution is 5.54. The molecule has 0 aromatic carbocycles. The molecule has 0 aromatic heterocycles. The largest absolute Gasteiger partial charge is 0.371 e. The van der Waals surface area contributed by atoms with E-state index in [1.807, 2.05) is 5.01 Å². The molecule has 1 saturated heterocycles. The SMILES string of the molecule is O=CC(O)NN1CCCCC1. The fourth-order valence-corrected chi connectivity index (χ4v) is 1.24. The van der Waals surface area contributed by atoms with Gasteiger partial charge in [-0.15, -0.1) is 0 Å². The Balaban J connectivity index is 2.18. The molecule has 2 N–H and O–H groups in total. The van der Waals surface area contributed by atoms with Crippen molar-refractivity contribution in [2.45, 2.75) is 25.5 Å². The number of carbonyl (C=O) groups is 1. The summed E-state index contributed by atoms with van der Waals surface area (Å²) < 4.78 is 0. The van der Waals surface area contributed by atoms with E-state index in [-0.39, 0.29) is 0 Å². The second-order valence-electron chi connectivity index (χ2n) is 2.76. The molecule has 1 aliphatic rings. The van der Waals surface area contributed by atoms with Crippen molar-refractivity contribution in [3.8, 4) is 0 Å². The van der Waals surface area contributed by atoms with Crippen LogP contribution < -0.4 is 5.43 Å². The zero-order chi connectivity index (χ0) is 8.10. The van der Waals surface area contributed by atoms with Crippen LogP contribution in [0.15, 0.2) is 0 Å². The Morgan fingerprint density at radius 3 is 2.55 bits per heavy atom. The molecule has 4 heteroatoms. The van der Waals surface area contributed by atoms with Gasteiger partial charge >= 0.3 is 0 Å². The van der Waals surface area contributed by atoms with E-state index in [4.69, 9.17) is 5.11 Å². The minimum absolute atomic E-state index is 0.495. The second-order valence-corrected chi connectivity index (χ2v) is 2.76. The van der Waals surface area contributed by atoms with Gasteiger partial charge in [0.25, 0.3) is 0 Å². The van der Waals surface area contributed by atoms with Crippen LogP contribution in [0.4, 0.5) is 0 Å². The molecular weight excluding hydrogens is 144 g/mol. The average molecular weight is 158 g/mol. The maximum Gasteiger partial charge on any atom is 0.174 e. The normalized spacial score (nSPS) is 23.0. The lowest BCUT2D eigenvalue weighted by atomic mass is 10.2. The molecule has 0 bridgehead atoms. The number of aliphatic hydroxyl groups is 1. The van der Waals surface area contributed by atoms with E-state index < -0.39 is 6.23 Å². The predicted octanol–water partition coefficient (Wildman–Crippen LogP) is -0.506. The van der Waals surface area contributed by atoms with E-state index in [0.717, 1.165) is 25.9 Å². The molecular formula is C7H14N2O2. The third-order valence-corrected chi connectivity index (χ3v) is 1.80. The van der Waals surface area contributed by atoms with Gasteiger partial charge in [-0.25, -0.2) is 10.4 Å². The quantitative estimate of drug-likeness (QED) is 0.429. The van der Waals surface area contributed by atoms with Gasteiger partial charge in [-0.05, 0) is 12.8 Å². The lowest BCUT2D eigenvalue weighted by Crippen LogP contribution is -2.47. The molecule has 4 nitrogen and oxygen atoms in total. The third kappa shape index (κ3) is 2.96. The van der Waals surface area contributed by atoms with Crippen molar-refractivity contribution < 1.29 is 9.90 Å². The number of nitrogens with zero attached hydrogens (tertiary/aromatic N) is 1. The first kappa shape index (κ1) is 8.64. The average Bonchev–Trinajstić information content (AvgIpc) is 2.06. The van der Waals surface area contributed by atoms with E-state index in [1.54, 1.807) is 0 Å². The van der Waals surface area contributed by atoms with Crippen molar-refractivity contribution in [1.82, 2.24) is 10.4 Å². The van der Waals surface area contributed by atoms with Crippen molar-refractivity contribution in [3.05, 3.63) is 0 Å². The number of aliphatic hydroxyl groups excluding tert-OH is 1. The Bertz CT molecular complexity index is 124. The van der Waals surface area contributed by atoms with Crippen molar-refractivity contribution in [3.63, 3.8) is 0 Å². The highest BCUT2D eigenvalue weighted by atomic mass is 16.3. The molecule has 0 aliphatic carbocycles. The summed E-state index contributed by atoms with van der Waals surface area (Å²) in [5.41, 5.74) is 2.69. The molecule has 0 amide bonds. The van der Waals surface area contributed by atoms with Crippen LogP contribution in [0.2, 0.25) is 0 Å². The molecule has 64 valence electrons. The first-order valence-electron chi connectivity index (χ1n) is 3.97. The molecule has 1 rings (SSSR count). The van der Waals surface area contributed by atoms with Crippen LogP contribution in [0.25, 0.3) is 0 Å². The summed E-state index contributed by atoms with van der Waals surface area (Å²) in [6.45, 7) is 1.84. The first-order chi connectivity index (χ1) is 5.33. The van der Waals surface area contributed by atoms with Gasteiger partial charge in [-0.2, -0.15) is 0 Å². The van der Waals surface area contributed by atoms with Gasteiger partial charge < -0.3 is 5.11 Å². The monoisotopic (exact) mass is 158 g/mol. The zero-order valence-electron chi connectivity index (χ0n) is 6.49. The summed E-state index contributed by atoms with van der Waals surface area (Å²) in [6, 6.07) is 0. The maximum absolute atomic E-state index is 10.0. The van der Waals surface area contributed by atoms with E-state index in [9.17, 15) is 4.79 Å². The standard InChI is InChI=1S/C7H14N2O2/c10-6-7(11)8-9-4-2-1-3-5-9/h6-8,11H,1-5H2. The van der Waals surface area contributed by atoms with Crippen LogP contribution in [0.3, 0.4) is 0 Å². The Kier molecular flexibility index (Phi) is 3.48. The maximum atomic E-state index is 10.0. The van der Waals surface area contributed by atoms with Gasteiger partial charge in [0.2, 0.25) is 0 Å². The smallest absolute Gasteiger partial charge is 0.174 e. The minimum atomic E-state index is -1.03. The molecule has 1 heterocycles. The molecule has 1 unspecified atom stereocenters. The Morgan fingerprint density at radius 2 is 2.00 bits per heavy atom. The van der Waals surface area contributed by atoms with E-state index in [1.165, 1.54) is 6.42 Å². The number of hydrazine groups is 1. The van der Waals surface area contributed by atoms with Gasteiger partial charge in [0, 0.05) is 13.1 Å². The van der Waals surface area contributed by atoms with E-state index in [2.05, 4.69) is 5.43 Å². The fraction of sp³-hybridized carbons (Fsp3) is 0.857. The van der Waals surface area contributed by atoms with Gasteiger partial charge in [0.15, 0.2) is 12.5 Å². The fourth-order valence-electron chi connectivity index (χ4n) is 1.24. The lowest BCUT2D eigenvalue weighted by molar-refractivity contribution is -0.119. The number of nitrogens with one attached hydrogen (secondary N) is 1. The topological polar surface area (TPSA) is 52.6 Å². The molecule has 11 heavy (non-hydrogen) atoms. The number of piperidine rings is 1. The van der Waals surface area contributed by atoms with Crippen LogP contribution in [-0.2, 0) is 4.79 Å². The molecule has 0 saturated carbocycles. The zero-order valence-corrected chi connectivity index (χ0v) is 6.49. The first-order valence-corrected chi connectivity index (χ1v) is 3.97.